The van der Waals surface area contributed by atoms with Crippen molar-refractivity contribution in [2.45, 2.75) is 78.3 Å². The molecule has 0 radical (unpaired) electrons. The van der Waals surface area contributed by atoms with Crippen LogP contribution in [-0.4, -0.2) is 84.6 Å². The molecule has 0 aromatic carbocycles. The highest BCUT2D eigenvalue weighted by Crippen LogP contribution is 2.23. The largest absolute Gasteiger partial charge is 0.500 e. The second kappa shape index (κ2) is 11.3. The standard InChI is InChI=1S/C19H44N2O3Si2/c1-9-22-26(23-10-2,24-11-3)16-12-13-20-14-15-21(19(4,5)6)17-18(20)25(7)8/h18,25H,9-17H2,1-8H3. The van der Waals surface area contributed by atoms with E-state index in [0.717, 1.165) is 24.7 Å². The van der Waals surface area contributed by atoms with Gasteiger partial charge in [-0.25, -0.2) is 0 Å². The fraction of sp³-hybridized carbons (Fsp3) is 1.00. The van der Waals surface area contributed by atoms with Crippen molar-refractivity contribution in [3.8, 4) is 0 Å². The first-order valence-corrected chi connectivity index (χ1v) is 15.5. The third-order valence-corrected chi connectivity index (χ3v) is 10.6. The van der Waals surface area contributed by atoms with E-state index in [0.29, 0.717) is 19.8 Å². The molecule has 0 aliphatic carbocycles. The highest BCUT2D eigenvalue weighted by atomic mass is 28.4. The maximum atomic E-state index is 6.01. The summed E-state index contributed by atoms with van der Waals surface area (Å²) in [7, 11) is -3.24. The molecular weight excluding hydrogens is 360 g/mol. The molecule has 1 aliphatic heterocycles. The van der Waals surface area contributed by atoms with E-state index in [1.165, 1.54) is 19.6 Å². The lowest BCUT2D eigenvalue weighted by molar-refractivity contribution is 0.0437. The Labute approximate surface area is 165 Å². The molecule has 26 heavy (non-hydrogen) atoms. The summed E-state index contributed by atoms with van der Waals surface area (Å²) in [5.41, 5.74) is 1.03. The minimum Gasteiger partial charge on any atom is -0.374 e. The molecule has 5 nitrogen and oxygen atoms in total. The Morgan fingerprint density at radius 1 is 0.962 bits per heavy atom. The van der Waals surface area contributed by atoms with Gasteiger partial charge in [0.05, 0.1) is 8.80 Å². The third-order valence-electron chi connectivity index (χ3n) is 5.27. The van der Waals surface area contributed by atoms with E-state index >= 15 is 0 Å². The Morgan fingerprint density at radius 2 is 1.50 bits per heavy atom. The van der Waals surface area contributed by atoms with Crippen LogP contribution >= 0.6 is 0 Å². The molecule has 1 saturated heterocycles. The van der Waals surface area contributed by atoms with E-state index in [-0.39, 0.29) is 5.54 Å². The summed E-state index contributed by atoms with van der Waals surface area (Å²) in [6.45, 7) is 24.8. The number of rotatable bonds is 11. The summed E-state index contributed by atoms with van der Waals surface area (Å²) in [5, 5.41) is 0. The predicted octanol–water partition coefficient (Wildman–Crippen LogP) is 3.24. The molecule has 0 bridgehead atoms. The first-order chi connectivity index (χ1) is 12.2. The maximum absolute atomic E-state index is 6.01. The van der Waals surface area contributed by atoms with Crippen molar-refractivity contribution < 1.29 is 13.3 Å². The molecule has 0 aromatic heterocycles. The van der Waals surface area contributed by atoms with Crippen LogP contribution in [0.3, 0.4) is 0 Å². The number of hydrogen-bond donors (Lipinski definition) is 0. The van der Waals surface area contributed by atoms with Gasteiger partial charge in [0, 0.05) is 56.7 Å². The molecule has 1 unspecified atom stereocenters. The summed E-state index contributed by atoms with van der Waals surface area (Å²) in [4.78, 5) is 5.41. The van der Waals surface area contributed by atoms with Gasteiger partial charge in [0.2, 0.25) is 0 Å². The van der Waals surface area contributed by atoms with Crippen LogP contribution in [-0.2, 0) is 13.3 Å². The zero-order valence-electron chi connectivity index (χ0n) is 18.6. The van der Waals surface area contributed by atoms with E-state index in [9.17, 15) is 0 Å². The van der Waals surface area contributed by atoms with E-state index in [4.69, 9.17) is 13.3 Å². The Kier molecular flexibility index (Phi) is 10.5. The predicted molar refractivity (Wildman–Crippen MR) is 116 cm³/mol. The highest BCUT2D eigenvalue weighted by Gasteiger charge is 2.40. The lowest BCUT2D eigenvalue weighted by Gasteiger charge is -2.48. The average Bonchev–Trinajstić information content (AvgIpc) is 2.54. The van der Waals surface area contributed by atoms with Crippen LogP contribution in [0.4, 0.5) is 0 Å². The van der Waals surface area contributed by atoms with Crippen LogP contribution in [0.15, 0.2) is 0 Å². The van der Waals surface area contributed by atoms with Gasteiger partial charge in [-0.1, -0.05) is 13.1 Å². The molecule has 1 atom stereocenters. The Hall–Kier alpha value is 0.234. The van der Waals surface area contributed by atoms with Crippen molar-refractivity contribution in [1.82, 2.24) is 9.80 Å². The SMILES string of the molecule is CCO[Si](CCCN1CCN(C(C)(C)C)CC1[SiH](C)C)(OCC)OCC. The molecule has 0 spiro atoms. The summed E-state index contributed by atoms with van der Waals surface area (Å²) in [6.07, 6.45) is 1.10. The van der Waals surface area contributed by atoms with Crippen molar-refractivity contribution in [3.63, 3.8) is 0 Å². The van der Waals surface area contributed by atoms with Crippen molar-refractivity contribution in [3.05, 3.63) is 0 Å². The van der Waals surface area contributed by atoms with E-state index in [1.807, 2.05) is 20.8 Å². The Balaban J connectivity index is 2.66. The van der Waals surface area contributed by atoms with Gasteiger partial charge in [-0.05, 0) is 54.5 Å². The lowest BCUT2D eigenvalue weighted by atomic mass is 10.0. The highest BCUT2D eigenvalue weighted by molar-refractivity contribution is 6.60. The molecule has 1 fully saturated rings. The summed E-state index contributed by atoms with van der Waals surface area (Å²) in [5.74, 6) is 0. The Bertz CT molecular complexity index is 374. The number of hydrogen-bond acceptors (Lipinski definition) is 5. The van der Waals surface area contributed by atoms with Crippen LogP contribution in [0.25, 0.3) is 0 Å². The first kappa shape index (κ1) is 24.3. The van der Waals surface area contributed by atoms with E-state index < -0.39 is 17.6 Å². The smallest absolute Gasteiger partial charge is 0.374 e. The molecule has 0 amide bonds. The van der Waals surface area contributed by atoms with Gasteiger partial charge in [-0.2, -0.15) is 0 Å². The summed E-state index contributed by atoms with van der Waals surface area (Å²) < 4.78 is 18.0. The number of nitrogens with zero attached hydrogens (tertiary/aromatic N) is 2. The molecular formula is C19H44N2O3Si2. The van der Waals surface area contributed by atoms with Gasteiger partial charge in [-0.15, -0.1) is 0 Å². The zero-order valence-corrected chi connectivity index (χ0v) is 20.8. The lowest BCUT2D eigenvalue weighted by Crippen LogP contribution is -2.61. The van der Waals surface area contributed by atoms with Gasteiger partial charge in [-0.3, -0.25) is 4.90 Å². The molecule has 7 heteroatoms. The quantitative estimate of drug-likeness (QED) is 0.494. The second-order valence-electron chi connectivity index (χ2n) is 8.55. The summed E-state index contributed by atoms with van der Waals surface area (Å²) >= 11 is 0. The first-order valence-electron chi connectivity index (χ1n) is 10.6. The normalized spacial score (nSPS) is 20.9. The minimum absolute atomic E-state index is 0.272. The van der Waals surface area contributed by atoms with Crippen molar-refractivity contribution in [2.24, 2.45) is 0 Å². The number of piperazine rings is 1. The van der Waals surface area contributed by atoms with Crippen molar-refractivity contribution in [1.29, 1.82) is 0 Å². The molecule has 0 aromatic rings. The van der Waals surface area contributed by atoms with Gasteiger partial charge < -0.3 is 18.2 Å². The molecule has 1 rings (SSSR count). The zero-order chi connectivity index (χ0) is 19.8. The van der Waals surface area contributed by atoms with E-state index in [1.54, 1.807) is 0 Å². The molecule has 1 aliphatic rings. The van der Waals surface area contributed by atoms with Crippen LogP contribution in [0, 0.1) is 0 Å². The maximum Gasteiger partial charge on any atom is 0.500 e. The van der Waals surface area contributed by atoms with Crippen molar-refractivity contribution >= 4 is 17.6 Å². The van der Waals surface area contributed by atoms with Gasteiger partial charge in [0.25, 0.3) is 0 Å². The van der Waals surface area contributed by atoms with E-state index in [2.05, 4.69) is 43.7 Å². The second-order valence-corrected chi connectivity index (χ2v) is 14.5. The van der Waals surface area contributed by atoms with Crippen molar-refractivity contribution in [2.75, 3.05) is 46.0 Å². The molecule has 156 valence electrons. The molecule has 0 N–H and O–H groups in total. The van der Waals surface area contributed by atoms with Crippen LogP contribution < -0.4 is 0 Å². The summed E-state index contributed by atoms with van der Waals surface area (Å²) in [6, 6.07) is 0.925. The van der Waals surface area contributed by atoms with Crippen LogP contribution in [0.1, 0.15) is 48.0 Å². The Morgan fingerprint density at radius 3 is 1.92 bits per heavy atom. The van der Waals surface area contributed by atoms with Crippen LogP contribution in [0.5, 0.6) is 0 Å². The van der Waals surface area contributed by atoms with Gasteiger partial charge in [0.1, 0.15) is 0 Å². The fourth-order valence-corrected chi connectivity index (χ4v) is 8.28. The molecule has 1 heterocycles. The topological polar surface area (TPSA) is 34.2 Å². The average molecular weight is 405 g/mol. The van der Waals surface area contributed by atoms with Gasteiger partial charge >= 0.3 is 8.80 Å². The minimum atomic E-state index is -2.50. The van der Waals surface area contributed by atoms with Gasteiger partial charge in [0.15, 0.2) is 0 Å². The monoisotopic (exact) mass is 404 g/mol. The fourth-order valence-electron chi connectivity index (χ4n) is 3.87. The van der Waals surface area contributed by atoms with Crippen LogP contribution in [0.2, 0.25) is 19.1 Å². The third kappa shape index (κ3) is 7.33. The molecule has 0 saturated carbocycles.